The number of methoxy groups -OCH3 is 2. The van der Waals surface area contributed by atoms with Gasteiger partial charge in [0.2, 0.25) is 0 Å². The molecular weight excluding hydrogens is 330 g/mol. The molecule has 0 saturated carbocycles. The number of halogens is 1. The Morgan fingerprint density at radius 2 is 1.54 bits per heavy atom. The SMILES string of the molecule is COC(=O)C1=C(C)NC(C)=C(C(=O)OC)C1Cc1ccccc1Cl. The standard InChI is InChI=1S/C18H20ClNO4/c1-10-15(17(21)23-3)13(9-12-7-5-6-8-14(12)19)16(11(2)20-10)18(22)24-4/h5-8,13,20H,9H2,1-4H3. The highest BCUT2D eigenvalue weighted by atomic mass is 35.5. The fraction of sp³-hybridized carbons (Fsp3) is 0.333. The molecule has 0 saturated heterocycles. The van der Waals surface area contributed by atoms with Crippen LogP contribution in [0.4, 0.5) is 0 Å². The summed E-state index contributed by atoms with van der Waals surface area (Å²) in [5.41, 5.74) is 2.97. The molecule has 0 bridgehead atoms. The van der Waals surface area contributed by atoms with Crippen LogP contribution in [0, 0.1) is 5.92 Å². The molecular formula is C18H20ClNO4. The summed E-state index contributed by atoms with van der Waals surface area (Å²) in [5, 5.41) is 3.65. The fourth-order valence-corrected chi connectivity index (χ4v) is 3.19. The molecule has 0 aliphatic carbocycles. The van der Waals surface area contributed by atoms with Gasteiger partial charge in [-0.15, -0.1) is 0 Å². The number of rotatable bonds is 4. The molecule has 1 N–H and O–H groups in total. The van der Waals surface area contributed by atoms with E-state index in [1.165, 1.54) is 14.2 Å². The fourth-order valence-electron chi connectivity index (χ4n) is 2.98. The van der Waals surface area contributed by atoms with E-state index in [9.17, 15) is 9.59 Å². The minimum atomic E-state index is -0.494. The summed E-state index contributed by atoms with van der Waals surface area (Å²) in [6, 6.07) is 7.35. The van der Waals surface area contributed by atoms with Crippen molar-refractivity contribution in [1.82, 2.24) is 5.32 Å². The number of hydrogen-bond acceptors (Lipinski definition) is 5. The third-order valence-electron chi connectivity index (χ3n) is 4.07. The first-order valence-electron chi connectivity index (χ1n) is 7.49. The molecule has 6 heteroatoms. The van der Waals surface area contributed by atoms with Crippen molar-refractivity contribution < 1.29 is 19.1 Å². The van der Waals surface area contributed by atoms with Crippen molar-refractivity contribution in [3.05, 3.63) is 57.4 Å². The van der Waals surface area contributed by atoms with E-state index < -0.39 is 17.9 Å². The maximum atomic E-state index is 12.3. The van der Waals surface area contributed by atoms with Crippen molar-refractivity contribution in [3.63, 3.8) is 0 Å². The number of ether oxygens (including phenoxy) is 2. The molecule has 0 atom stereocenters. The van der Waals surface area contributed by atoms with Gasteiger partial charge in [-0.25, -0.2) is 9.59 Å². The van der Waals surface area contributed by atoms with Gasteiger partial charge in [-0.3, -0.25) is 0 Å². The van der Waals surface area contributed by atoms with Crippen LogP contribution in [0.2, 0.25) is 5.02 Å². The van der Waals surface area contributed by atoms with Gasteiger partial charge >= 0.3 is 11.9 Å². The lowest BCUT2D eigenvalue weighted by molar-refractivity contribution is -0.137. The Labute approximate surface area is 146 Å². The van der Waals surface area contributed by atoms with Gasteiger partial charge in [-0.05, 0) is 31.9 Å². The van der Waals surface area contributed by atoms with Gasteiger partial charge in [0.05, 0.1) is 25.4 Å². The summed E-state index contributed by atoms with van der Waals surface area (Å²) >= 11 is 6.26. The zero-order valence-corrected chi connectivity index (χ0v) is 14.9. The summed E-state index contributed by atoms with van der Waals surface area (Å²) in [4.78, 5) is 24.6. The second kappa shape index (κ2) is 7.53. The molecule has 1 aromatic rings. The number of dihydropyridines is 1. The third-order valence-corrected chi connectivity index (χ3v) is 4.44. The highest BCUT2D eigenvalue weighted by molar-refractivity contribution is 6.31. The van der Waals surface area contributed by atoms with Gasteiger partial charge in [0, 0.05) is 22.3 Å². The minimum absolute atomic E-state index is 0.394. The molecule has 0 fully saturated rings. The van der Waals surface area contributed by atoms with Gasteiger partial charge in [0.1, 0.15) is 0 Å². The highest BCUT2D eigenvalue weighted by Gasteiger charge is 2.36. The van der Waals surface area contributed by atoms with Gasteiger partial charge in [0.15, 0.2) is 0 Å². The molecule has 2 rings (SSSR count). The Hall–Kier alpha value is -2.27. The van der Waals surface area contributed by atoms with Crippen LogP contribution < -0.4 is 5.32 Å². The minimum Gasteiger partial charge on any atom is -0.466 e. The average molecular weight is 350 g/mol. The Morgan fingerprint density at radius 3 is 2.00 bits per heavy atom. The number of nitrogens with one attached hydrogen (secondary N) is 1. The molecule has 24 heavy (non-hydrogen) atoms. The third kappa shape index (κ3) is 3.46. The monoisotopic (exact) mass is 349 g/mol. The van der Waals surface area contributed by atoms with Gasteiger partial charge < -0.3 is 14.8 Å². The van der Waals surface area contributed by atoms with Crippen LogP contribution in [0.5, 0.6) is 0 Å². The van der Waals surface area contributed by atoms with Gasteiger partial charge in [0.25, 0.3) is 0 Å². The molecule has 0 unspecified atom stereocenters. The molecule has 1 aromatic carbocycles. The number of allylic oxidation sites excluding steroid dienone is 2. The van der Waals surface area contributed by atoms with E-state index in [4.69, 9.17) is 21.1 Å². The zero-order valence-electron chi connectivity index (χ0n) is 14.1. The van der Waals surface area contributed by atoms with E-state index in [0.29, 0.717) is 34.0 Å². The second-order valence-electron chi connectivity index (χ2n) is 5.53. The first-order valence-corrected chi connectivity index (χ1v) is 7.87. The first-order chi connectivity index (χ1) is 11.4. The van der Waals surface area contributed by atoms with Crippen molar-refractivity contribution in [2.24, 2.45) is 5.92 Å². The topological polar surface area (TPSA) is 64.6 Å². The van der Waals surface area contributed by atoms with Crippen molar-refractivity contribution in [3.8, 4) is 0 Å². The van der Waals surface area contributed by atoms with E-state index in [1.807, 2.05) is 18.2 Å². The Bertz CT molecular complexity index is 698. The van der Waals surface area contributed by atoms with Crippen molar-refractivity contribution in [2.45, 2.75) is 20.3 Å². The highest BCUT2D eigenvalue weighted by Crippen LogP contribution is 2.35. The summed E-state index contributed by atoms with van der Waals surface area (Å²) < 4.78 is 9.82. The van der Waals surface area contributed by atoms with Crippen LogP contribution in [-0.2, 0) is 25.5 Å². The summed E-state index contributed by atoms with van der Waals surface area (Å²) in [5.74, 6) is -1.46. The first kappa shape index (κ1) is 18.1. The van der Waals surface area contributed by atoms with Gasteiger partial charge in [-0.1, -0.05) is 29.8 Å². The van der Waals surface area contributed by atoms with Crippen molar-refractivity contribution >= 4 is 23.5 Å². The number of hydrogen-bond donors (Lipinski definition) is 1. The van der Waals surface area contributed by atoms with E-state index >= 15 is 0 Å². The maximum Gasteiger partial charge on any atom is 0.336 e. The number of esters is 2. The van der Waals surface area contributed by atoms with Crippen molar-refractivity contribution in [1.29, 1.82) is 0 Å². The number of benzene rings is 1. The van der Waals surface area contributed by atoms with Crippen LogP contribution in [0.1, 0.15) is 19.4 Å². The van der Waals surface area contributed by atoms with E-state index in [0.717, 1.165) is 5.56 Å². The summed E-state index contributed by atoms with van der Waals surface area (Å²) in [6.45, 7) is 3.56. The summed E-state index contributed by atoms with van der Waals surface area (Å²) in [6.07, 6.45) is 0.394. The normalized spacial score (nSPS) is 15.2. The lowest BCUT2D eigenvalue weighted by Gasteiger charge is -2.30. The number of carbonyl (C=O) groups excluding carboxylic acids is 2. The van der Waals surface area contributed by atoms with Gasteiger partial charge in [-0.2, -0.15) is 0 Å². The largest absolute Gasteiger partial charge is 0.466 e. The van der Waals surface area contributed by atoms with E-state index in [-0.39, 0.29) is 0 Å². The smallest absolute Gasteiger partial charge is 0.336 e. The predicted molar refractivity (Wildman–Crippen MR) is 91.2 cm³/mol. The van der Waals surface area contributed by atoms with Crippen molar-refractivity contribution in [2.75, 3.05) is 14.2 Å². The molecule has 0 amide bonds. The Balaban J connectivity index is 2.55. The molecule has 1 heterocycles. The lowest BCUT2D eigenvalue weighted by atomic mass is 9.81. The average Bonchev–Trinajstić information content (AvgIpc) is 2.55. The molecule has 0 spiro atoms. The molecule has 0 radical (unpaired) electrons. The maximum absolute atomic E-state index is 12.3. The van der Waals surface area contributed by atoms with Crippen LogP contribution >= 0.6 is 11.6 Å². The number of carbonyl (C=O) groups is 2. The predicted octanol–water partition coefficient (Wildman–Crippen LogP) is 3.00. The molecule has 0 aromatic heterocycles. The Kier molecular flexibility index (Phi) is 5.67. The van der Waals surface area contributed by atoms with Crippen LogP contribution in [0.3, 0.4) is 0 Å². The lowest BCUT2D eigenvalue weighted by Crippen LogP contribution is -2.34. The Morgan fingerprint density at radius 1 is 1.04 bits per heavy atom. The van der Waals surface area contributed by atoms with E-state index in [1.54, 1.807) is 19.9 Å². The van der Waals surface area contributed by atoms with Crippen LogP contribution in [0.25, 0.3) is 0 Å². The molecule has 5 nitrogen and oxygen atoms in total. The summed E-state index contributed by atoms with van der Waals surface area (Å²) in [7, 11) is 2.64. The van der Waals surface area contributed by atoms with Crippen LogP contribution in [-0.4, -0.2) is 26.2 Å². The molecule has 1 aliphatic heterocycles. The van der Waals surface area contributed by atoms with Crippen LogP contribution in [0.15, 0.2) is 46.8 Å². The molecule has 1 aliphatic rings. The molecule has 128 valence electrons. The van der Waals surface area contributed by atoms with E-state index in [2.05, 4.69) is 5.32 Å². The zero-order chi connectivity index (χ0) is 17.9. The quantitative estimate of drug-likeness (QED) is 0.846. The second-order valence-corrected chi connectivity index (χ2v) is 5.94.